The van der Waals surface area contributed by atoms with Crippen LogP contribution in [0.15, 0.2) is 79.0 Å². The zero-order chi connectivity index (χ0) is 23.0. The van der Waals surface area contributed by atoms with E-state index in [4.69, 9.17) is 0 Å². The van der Waals surface area contributed by atoms with Gasteiger partial charge in [0.2, 0.25) is 5.69 Å². The number of aryl methyl sites for hydroxylation is 1. The Labute approximate surface area is 199 Å². The maximum atomic E-state index is 2.65. The summed E-state index contributed by atoms with van der Waals surface area (Å²) in [5.74, 6) is 0. The number of aromatic nitrogens is 1. The van der Waals surface area contributed by atoms with E-state index >= 15 is 0 Å². The van der Waals surface area contributed by atoms with Crippen LogP contribution in [0.3, 0.4) is 0 Å². The highest BCUT2D eigenvalue weighted by Crippen LogP contribution is 2.50. The Bertz CT molecular complexity index is 1280. The molecule has 1 unspecified atom stereocenters. The second kappa shape index (κ2) is 8.78. The lowest BCUT2D eigenvalue weighted by molar-refractivity contribution is -0.723. The molecule has 4 aromatic rings. The summed E-state index contributed by atoms with van der Waals surface area (Å²) in [7, 11) is 0. The van der Waals surface area contributed by atoms with Crippen molar-refractivity contribution in [3.63, 3.8) is 0 Å². The van der Waals surface area contributed by atoms with E-state index < -0.39 is 0 Å². The van der Waals surface area contributed by atoms with E-state index in [2.05, 4.69) is 111 Å². The summed E-state index contributed by atoms with van der Waals surface area (Å²) in [5, 5.41) is 2.76. The molecule has 0 saturated carbocycles. The van der Waals surface area contributed by atoms with Crippen molar-refractivity contribution in [1.82, 2.24) is 0 Å². The minimum Gasteiger partial charge on any atom is -0.194 e. The Morgan fingerprint density at radius 3 is 2.18 bits per heavy atom. The fourth-order valence-corrected chi connectivity index (χ4v) is 6.51. The fourth-order valence-electron chi connectivity index (χ4n) is 6.51. The molecule has 3 aromatic carbocycles. The van der Waals surface area contributed by atoms with E-state index in [1.54, 1.807) is 0 Å². The van der Waals surface area contributed by atoms with Crippen molar-refractivity contribution in [3.8, 4) is 22.4 Å². The number of pyridine rings is 1. The topological polar surface area (TPSA) is 3.88 Å². The van der Waals surface area contributed by atoms with Crippen LogP contribution in [-0.4, -0.2) is 0 Å². The van der Waals surface area contributed by atoms with Gasteiger partial charge in [0.05, 0.1) is 21.9 Å². The first kappa shape index (κ1) is 21.9. The van der Waals surface area contributed by atoms with Gasteiger partial charge in [0.1, 0.15) is 0 Å². The van der Waals surface area contributed by atoms with E-state index in [1.807, 2.05) is 0 Å². The zero-order valence-electron chi connectivity index (χ0n) is 20.6. The van der Waals surface area contributed by atoms with Crippen molar-refractivity contribution in [2.75, 3.05) is 0 Å². The first-order chi connectivity index (χ1) is 16.2. The maximum absolute atomic E-state index is 2.65. The molecule has 0 fully saturated rings. The Kier molecular flexibility index (Phi) is 5.83. The van der Waals surface area contributed by atoms with Gasteiger partial charge in [0, 0.05) is 11.8 Å². The number of nitrogens with zero attached hydrogens (tertiary/aromatic N) is 1. The molecule has 33 heavy (non-hydrogen) atoms. The SMILES string of the molecule is CCCc1ccc2c3[n+](cc(-c4ccccc4)c2c1)C(CC)C(CC)(CC)c1ccccc1-3. The molecule has 1 nitrogen and oxygen atoms in total. The minimum absolute atomic E-state index is 0.160. The van der Waals surface area contributed by atoms with Gasteiger partial charge in [-0.1, -0.05) is 94.8 Å². The second-order valence-corrected chi connectivity index (χ2v) is 9.63. The largest absolute Gasteiger partial charge is 0.220 e. The van der Waals surface area contributed by atoms with Gasteiger partial charge in [-0.3, -0.25) is 0 Å². The highest BCUT2D eigenvalue weighted by atomic mass is 15.0. The van der Waals surface area contributed by atoms with Crippen LogP contribution >= 0.6 is 0 Å². The number of rotatable bonds is 6. The molecule has 168 valence electrons. The number of benzene rings is 3. The molecule has 0 N–H and O–H groups in total. The third kappa shape index (κ3) is 3.32. The molecule has 0 saturated heterocycles. The Balaban J connectivity index is 1.93. The fraction of sp³-hybridized carbons (Fsp3) is 0.344. The average Bonchev–Trinajstić information content (AvgIpc) is 2.87. The smallest absolute Gasteiger partial charge is 0.194 e. The van der Waals surface area contributed by atoms with Gasteiger partial charge in [-0.2, -0.15) is 4.57 Å². The summed E-state index contributed by atoms with van der Waals surface area (Å²) < 4.78 is 2.65. The summed E-state index contributed by atoms with van der Waals surface area (Å²) in [4.78, 5) is 0. The Hall–Kier alpha value is -2.93. The molecule has 5 rings (SSSR count). The summed E-state index contributed by atoms with van der Waals surface area (Å²) in [6.07, 6.45) is 8.20. The van der Waals surface area contributed by atoms with Gasteiger partial charge in [-0.15, -0.1) is 0 Å². The molecular weight excluding hydrogens is 398 g/mol. The predicted molar refractivity (Wildman–Crippen MR) is 141 cm³/mol. The van der Waals surface area contributed by atoms with E-state index in [-0.39, 0.29) is 5.41 Å². The number of hydrogen-bond donors (Lipinski definition) is 0. The van der Waals surface area contributed by atoms with Crippen molar-refractivity contribution >= 4 is 10.8 Å². The normalized spacial score (nSPS) is 16.4. The zero-order valence-corrected chi connectivity index (χ0v) is 20.6. The van der Waals surface area contributed by atoms with Crippen LogP contribution in [0.25, 0.3) is 33.2 Å². The lowest BCUT2D eigenvalue weighted by atomic mass is 9.65. The number of hydrogen-bond acceptors (Lipinski definition) is 0. The Morgan fingerprint density at radius 1 is 0.758 bits per heavy atom. The van der Waals surface area contributed by atoms with E-state index in [0.717, 1.165) is 25.7 Å². The average molecular weight is 435 g/mol. The van der Waals surface area contributed by atoms with Gasteiger partial charge >= 0.3 is 0 Å². The standard InChI is InChI=1S/C32H36N/c1-5-14-23-19-20-25-27(21-23)28(24-15-10-9-11-16-24)22-33-30(6-2)32(7-3,8-4)29-18-13-12-17-26(29)31(25)33/h9-13,15-22,30H,5-8,14H2,1-4H3/q+1. The van der Waals surface area contributed by atoms with E-state index in [1.165, 1.54) is 50.7 Å². The van der Waals surface area contributed by atoms with Crippen molar-refractivity contribution in [2.24, 2.45) is 0 Å². The molecule has 1 atom stereocenters. The van der Waals surface area contributed by atoms with Crippen molar-refractivity contribution < 1.29 is 4.57 Å². The highest BCUT2D eigenvalue weighted by molar-refractivity contribution is 6.02. The molecule has 1 aromatic heterocycles. The molecule has 0 bridgehead atoms. The molecule has 2 heterocycles. The predicted octanol–water partition coefficient (Wildman–Crippen LogP) is 8.44. The molecule has 0 aliphatic carbocycles. The van der Waals surface area contributed by atoms with Crippen LogP contribution in [0.5, 0.6) is 0 Å². The van der Waals surface area contributed by atoms with Gasteiger partial charge in [0.15, 0.2) is 12.2 Å². The summed E-state index contributed by atoms with van der Waals surface area (Å²) in [6, 6.07) is 27.8. The lowest BCUT2D eigenvalue weighted by Gasteiger charge is -2.41. The molecule has 0 radical (unpaired) electrons. The molecule has 0 amide bonds. The van der Waals surface area contributed by atoms with Crippen LogP contribution in [0, 0.1) is 0 Å². The molecular formula is C32H36N+. The van der Waals surface area contributed by atoms with Crippen molar-refractivity contribution in [2.45, 2.75) is 71.3 Å². The van der Waals surface area contributed by atoms with Gasteiger partial charge in [-0.05, 0) is 48.1 Å². The van der Waals surface area contributed by atoms with Crippen LogP contribution < -0.4 is 4.57 Å². The van der Waals surface area contributed by atoms with Crippen LogP contribution in [0.2, 0.25) is 0 Å². The lowest BCUT2D eigenvalue weighted by Crippen LogP contribution is -2.55. The third-order valence-electron chi connectivity index (χ3n) is 8.12. The minimum atomic E-state index is 0.160. The molecule has 1 aliphatic rings. The van der Waals surface area contributed by atoms with Gasteiger partial charge in [0.25, 0.3) is 0 Å². The monoisotopic (exact) mass is 434 g/mol. The highest BCUT2D eigenvalue weighted by Gasteiger charge is 2.49. The van der Waals surface area contributed by atoms with Crippen LogP contribution in [0.4, 0.5) is 0 Å². The number of fused-ring (bicyclic) bond motifs is 5. The van der Waals surface area contributed by atoms with E-state index in [0.29, 0.717) is 6.04 Å². The van der Waals surface area contributed by atoms with Crippen LogP contribution in [0.1, 0.15) is 70.5 Å². The van der Waals surface area contributed by atoms with E-state index in [9.17, 15) is 0 Å². The quantitative estimate of drug-likeness (QED) is 0.268. The third-order valence-corrected chi connectivity index (χ3v) is 8.12. The van der Waals surface area contributed by atoms with Gasteiger partial charge in [-0.25, -0.2) is 0 Å². The first-order valence-corrected chi connectivity index (χ1v) is 12.8. The van der Waals surface area contributed by atoms with Crippen LogP contribution in [-0.2, 0) is 11.8 Å². The Morgan fingerprint density at radius 2 is 1.48 bits per heavy atom. The van der Waals surface area contributed by atoms with Gasteiger partial charge < -0.3 is 0 Å². The first-order valence-electron chi connectivity index (χ1n) is 12.8. The molecule has 1 heteroatoms. The molecule has 1 aliphatic heterocycles. The van der Waals surface area contributed by atoms with Crippen molar-refractivity contribution in [3.05, 3.63) is 90.1 Å². The summed E-state index contributed by atoms with van der Waals surface area (Å²) >= 11 is 0. The summed E-state index contributed by atoms with van der Waals surface area (Å²) in [6.45, 7) is 9.39. The van der Waals surface area contributed by atoms with Crippen molar-refractivity contribution in [1.29, 1.82) is 0 Å². The second-order valence-electron chi connectivity index (χ2n) is 9.63. The summed E-state index contributed by atoms with van der Waals surface area (Å²) in [5.41, 5.74) is 8.59. The maximum Gasteiger partial charge on any atom is 0.220 e. The molecule has 0 spiro atoms.